The Bertz CT molecular complexity index is 217. The lowest BCUT2D eigenvalue weighted by Crippen LogP contribution is -2.47. The predicted molar refractivity (Wildman–Crippen MR) is 78.2 cm³/mol. The summed E-state index contributed by atoms with van der Waals surface area (Å²) in [4.78, 5) is 5.14. The Hall–Kier alpha value is 0.0569. The highest BCUT2D eigenvalue weighted by atomic mass is 28.4. The quantitative estimate of drug-likeness (QED) is 0.630. The van der Waals surface area contributed by atoms with Crippen molar-refractivity contribution in [2.45, 2.75) is 32.4 Å². The summed E-state index contributed by atoms with van der Waals surface area (Å²) < 4.78 is 11.0. The fraction of sp³-hybridized carbons (Fsp3) is 1.00. The molecule has 0 aliphatic carbocycles. The van der Waals surface area contributed by atoms with Crippen molar-refractivity contribution < 1.29 is 8.85 Å². The van der Waals surface area contributed by atoms with E-state index in [1.807, 2.05) is 0 Å². The Kier molecular flexibility index (Phi) is 7.40. The van der Waals surface area contributed by atoms with Crippen LogP contribution in [0.5, 0.6) is 0 Å². The fourth-order valence-electron chi connectivity index (χ4n) is 2.46. The average Bonchev–Trinajstić information content (AvgIpc) is 2.41. The van der Waals surface area contributed by atoms with Crippen LogP contribution in [0.3, 0.4) is 0 Å². The van der Waals surface area contributed by atoms with Crippen LogP contribution in [0, 0.1) is 0 Å². The molecule has 1 aliphatic rings. The summed E-state index contributed by atoms with van der Waals surface area (Å²) in [6.45, 7) is 11.8. The zero-order chi connectivity index (χ0) is 13.4. The van der Waals surface area contributed by atoms with Gasteiger partial charge < -0.3 is 18.7 Å². The molecule has 5 heteroatoms. The van der Waals surface area contributed by atoms with Gasteiger partial charge in [0.25, 0.3) is 0 Å². The van der Waals surface area contributed by atoms with Gasteiger partial charge in [0.1, 0.15) is 0 Å². The molecule has 0 aromatic carbocycles. The molecule has 0 radical (unpaired) electrons. The minimum atomic E-state index is -1.85. The van der Waals surface area contributed by atoms with Crippen molar-refractivity contribution >= 4 is 8.56 Å². The third-order valence-corrected chi connectivity index (χ3v) is 6.96. The lowest BCUT2D eigenvalue weighted by molar-refractivity contribution is 0.131. The molecule has 1 aliphatic heterocycles. The summed E-state index contributed by atoms with van der Waals surface area (Å²) in [6, 6.07) is 1.09. The smallest absolute Gasteiger partial charge is 0.334 e. The van der Waals surface area contributed by atoms with Gasteiger partial charge in [0.2, 0.25) is 0 Å². The van der Waals surface area contributed by atoms with Gasteiger partial charge in [-0.2, -0.15) is 0 Å². The Morgan fingerprint density at radius 1 is 0.944 bits per heavy atom. The van der Waals surface area contributed by atoms with Crippen LogP contribution in [0.15, 0.2) is 0 Å². The average molecular weight is 274 g/mol. The zero-order valence-electron chi connectivity index (χ0n) is 12.6. The number of rotatable bonds is 8. The number of piperazine rings is 1. The Labute approximate surface area is 113 Å². The van der Waals surface area contributed by atoms with Crippen molar-refractivity contribution in [2.24, 2.45) is 0 Å². The largest absolute Gasteiger partial charge is 0.398 e. The van der Waals surface area contributed by atoms with Crippen molar-refractivity contribution in [3.05, 3.63) is 0 Å². The lowest BCUT2D eigenvalue weighted by atomic mass is 10.3. The van der Waals surface area contributed by atoms with Crippen LogP contribution < -0.4 is 0 Å². The van der Waals surface area contributed by atoms with Crippen molar-refractivity contribution in [1.29, 1.82) is 0 Å². The topological polar surface area (TPSA) is 24.9 Å². The first kappa shape index (κ1) is 16.1. The summed E-state index contributed by atoms with van der Waals surface area (Å²) in [7, 11) is 1.71. The maximum atomic E-state index is 5.52. The van der Waals surface area contributed by atoms with Gasteiger partial charge in [-0.05, 0) is 38.5 Å². The van der Waals surface area contributed by atoms with Crippen molar-refractivity contribution in [1.82, 2.24) is 9.80 Å². The Balaban J connectivity index is 2.14. The van der Waals surface area contributed by atoms with Crippen molar-refractivity contribution in [3.8, 4) is 0 Å². The van der Waals surface area contributed by atoms with Crippen LogP contribution in [0.2, 0.25) is 12.6 Å². The van der Waals surface area contributed by atoms with Gasteiger partial charge in [-0.1, -0.05) is 6.92 Å². The highest BCUT2D eigenvalue weighted by Crippen LogP contribution is 2.14. The lowest BCUT2D eigenvalue weighted by Gasteiger charge is -2.35. The van der Waals surface area contributed by atoms with E-state index in [1.54, 1.807) is 14.2 Å². The monoisotopic (exact) mass is 274 g/mol. The molecule has 1 heterocycles. The van der Waals surface area contributed by atoms with E-state index >= 15 is 0 Å². The van der Waals surface area contributed by atoms with Crippen molar-refractivity contribution in [2.75, 3.05) is 53.5 Å². The fourth-order valence-corrected chi connectivity index (χ4v) is 3.84. The van der Waals surface area contributed by atoms with Gasteiger partial charge in [-0.25, -0.2) is 0 Å². The molecule has 1 fully saturated rings. The molecule has 0 saturated carbocycles. The molecule has 0 bridgehead atoms. The van der Waals surface area contributed by atoms with Gasteiger partial charge in [0, 0.05) is 40.4 Å². The minimum absolute atomic E-state index is 1.09. The van der Waals surface area contributed by atoms with E-state index in [4.69, 9.17) is 8.85 Å². The molecule has 4 nitrogen and oxygen atoms in total. The van der Waals surface area contributed by atoms with Gasteiger partial charge in [0.05, 0.1) is 0 Å². The second-order valence-corrected chi connectivity index (χ2v) is 8.91. The SMILES string of the molecule is CCCN1CCN(CCC[Si](C)(OC)OC)CC1. The second kappa shape index (κ2) is 8.27. The summed E-state index contributed by atoms with van der Waals surface area (Å²) >= 11 is 0. The second-order valence-electron chi connectivity index (χ2n) is 5.33. The summed E-state index contributed by atoms with van der Waals surface area (Å²) in [5.74, 6) is 0. The van der Waals surface area contributed by atoms with Crippen LogP contribution in [0.1, 0.15) is 19.8 Å². The minimum Gasteiger partial charge on any atom is -0.398 e. The number of hydrogen-bond donors (Lipinski definition) is 0. The molecule has 108 valence electrons. The Morgan fingerprint density at radius 3 is 1.89 bits per heavy atom. The summed E-state index contributed by atoms with van der Waals surface area (Å²) in [5, 5.41) is 0. The van der Waals surface area contributed by atoms with Gasteiger partial charge >= 0.3 is 8.56 Å². The van der Waals surface area contributed by atoms with Crippen molar-refractivity contribution in [3.63, 3.8) is 0 Å². The van der Waals surface area contributed by atoms with Crippen LogP contribution in [-0.4, -0.2) is 71.8 Å². The maximum absolute atomic E-state index is 5.52. The van der Waals surface area contributed by atoms with Crippen LogP contribution in [-0.2, 0) is 8.85 Å². The summed E-state index contributed by atoms with van der Waals surface area (Å²) in [5.41, 5.74) is 0. The van der Waals surface area contributed by atoms with Gasteiger partial charge in [0.15, 0.2) is 0 Å². The molecule has 0 spiro atoms. The third kappa shape index (κ3) is 5.36. The Morgan fingerprint density at radius 2 is 1.44 bits per heavy atom. The maximum Gasteiger partial charge on any atom is 0.334 e. The van der Waals surface area contributed by atoms with Crippen LogP contribution in [0.25, 0.3) is 0 Å². The normalized spacial score (nSPS) is 19.3. The first-order chi connectivity index (χ1) is 8.63. The molecule has 0 aromatic heterocycles. The van der Waals surface area contributed by atoms with E-state index in [0.29, 0.717) is 0 Å². The molecule has 0 N–H and O–H groups in total. The highest BCUT2D eigenvalue weighted by molar-refractivity contribution is 6.65. The number of nitrogens with zero attached hydrogens (tertiary/aromatic N) is 2. The predicted octanol–water partition coefficient (Wildman–Crippen LogP) is 1.77. The van der Waals surface area contributed by atoms with E-state index in [0.717, 1.165) is 6.04 Å². The molecule has 0 unspecified atom stereocenters. The molecule has 1 saturated heterocycles. The van der Waals surface area contributed by atoms with E-state index in [-0.39, 0.29) is 0 Å². The summed E-state index contributed by atoms with van der Waals surface area (Å²) in [6.07, 6.45) is 2.46. The van der Waals surface area contributed by atoms with Crippen LogP contribution >= 0.6 is 0 Å². The molecular formula is C13H30N2O2Si. The molecule has 1 rings (SSSR count). The van der Waals surface area contributed by atoms with E-state index in [2.05, 4.69) is 23.3 Å². The van der Waals surface area contributed by atoms with Crippen LogP contribution in [0.4, 0.5) is 0 Å². The van der Waals surface area contributed by atoms with E-state index in [9.17, 15) is 0 Å². The van der Waals surface area contributed by atoms with Gasteiger partial charge in [-0.3, -0.25) is 0 Å². The molecule has 18 heavy (non-hydrogen) atoms. The molecule has 0 atom stereocenters. The molecule has 0 aromatic rings. The van der Waals surface area contributed by atoms with Gasteiger partial charge in [-0.15, -0.1) is 0 Å². The first-order valence-electron chi connectivity index (χ1n) is 7.18. The zero-order valence-corrected chi connectivity index (χ0v) is 13.6. The highest BCUT2D eigenvalue weighted by Gasteiger charge is 2.28. The third-order valence-electron chi connectivity index (χ3n) is 3.97. The van der Waals surface area contributed by atoms with E-state index < -0.39 is 8.56 Å². The molecular weight excluding hydrogens is 244 g/mol. The van der Waals surface area contributed by atoms with E-state index in [1.165, 1.54) is 52.1 Å². The first-order valence-corrected chi connectivity index (χ1v) is 9.71. The standard InChI is InChI=1S/C13H30N2O2Si/c1-5-7-14-9-11-15(12-10-14)8-6-13-18(4,16-2)17-3/h5-13H2,1-4H3. The molecule has 0 amide bonds. The number of hydrogen-bond acceptors (Lipinski definition) is 4.